The van der Waals surface area contributed by atoms with Crippen molar-refractivity contribution in [1.82, 2.24) is 4.98 Å². The van der Waals surface area contributed by atoms with Crippen molar-refractivity contribution in [2.75, 3.05) is 11.7 Å². The fourth-order valence-corrected chi connectivity index (χ4v) is 4.23. The summed E-state index contributed by atoms with van der Waals surface area (Å²) in [4.78, 5) is 24.1. The number of halogens is 1. The number of carbonyl (C=O) groups is 1. The van der Waals surface area contributed by atoms with Crippen LogP contribution in [0.25, 0.3) is 6.08 Å². The molecule has 1 saturated heterocycles. The molecule has 5 rings (SSSR count). The largest absolute Gasteiger partial charge is 0.454 e. The third-order valence-electron chi connectivity index (χ3n) is 4.47. The number of hydrogen-bond donors (Lipinski definition) is 0. The van der Waals surface area contributed by atoms with Gasteiger partial charge in [0.15, 0.2) is 21.8 Å². The van der Waals surface area contributed by atoms with E-state index in [1.807, 2.05) is 54.6 Å². The van der Waals surface area contributed by atoms with Crippen LogP contribution in [-0.2, 0) is 4.79 Å². The van der Waals surface area contributed by atoms with E-state index in [-0.39, 0.29) is 17.9 Å². The van der Waals surface area contributed by atoms with Crippen LogP contribution in [0.15, 0.2) is 76.8 Å². The van der Waals surface area contributed by atoms with Crippen LogP contribution < -0.4 is 14.4 Å². The summed E-state index contributed by atoms with van der Waals surface area (Å²) in [6, 6.07) is 18.5. The molecule has 0 bridgehead atoms. The number of carbonyl (C=O) groups excluding carboxylic acids is 1. The van der Waals surface area contributed by atoms with Crippen LogP contribution in [0.4, 0.5) is 11.4 Å². The maximum Gasteiger partial charge on any atom is 0.271 e. The Morgan fingerprint density at radius 1 is 1.07 bits per heavy atom. The standard InChI is InChI=1S/C22H14ClN3O3S/c23-20-16(7-4-10-24-20)25-22-26(15-5-2-1-3-6-15)21(27)19(30-22)12-14-8-9-17-18(11-14)29-13-28-17/h1-12H,13H2/b19-12-,25-22?. The zero-order valence-corrected chi connectivity index (χ0v) is 17.1. The Labute approximate surface area is 181 Å². The lowest BCUT2D eigenvalue weighted by molar-refractivity contribution is -0.113. The third kappa shape index (κ3) is 3.53. The number of amides is 1. The fraction of sp³-hybridized carbons (Fsp3) is 0.0455. The van der Waals surface area contributed by atoms with E-state index >= 15 is 0 Å². The molecule has 2 aliphatic rings. The lowest BCUT2D eigenvalue weighted by Crippen LogP contribution is -2.28. The molecule has 0 N–H and O–H groups in total. The molecule has 3 aromatic rings. The first-order chi connectivity index (χ1) is 14.7. The molecule has 0 unspecified atom stereocenters. The molecule has 6 nitrogen and oxygen atoms in total. The van der Waals surface area contributed by atoms with Crippen molar-refractivity contribution < 1.29 is 14.3 Å². The second-order valence-electron chi connectivity index (χ2n) is 6.41. The maximum atomic E-state index is 13.3. The summed E-state index contributed by atoms with van der Waals surface area (Å²) in [6.45, 7) is 0.202. The molecule has 2 aromatic carbocycles. The zero-order chi connectivity index (χ0) is 20.5. The zero-order valence-electron chi connectivity index (χ0n) is 15.5. The molecule has 2 aliphatic heterocycles. The average Bonchev–Trinajstić information content (AvgIpc) is 3.34. The number of nitrogens with zero attached hydrogens (tertiary/aromatic N) is 3. The van der Waals surface area contributed by atoms with Crippen LogP contribution in [0.1, 0.15) is 5.56 Å². The number of hydrogen-bond acceptors (Lipinski definition) is 6. The number of ether oxygens (including phenoxy) is 2. The topological polar surface area (TPSA) is 64.0 Å². The molecule has 8 heteroatoms. The number of amidine groups is 1. The minimum Gasteiger partial charge on any atom is -0.454 e. The summed E-state index contributed by atoms with van der Waals surface area (Å²) in [5.41, 5.74) is 2.06. The third-order valence-corrected chi connectivity index (χ3v) is 5.73. The number of para-hydroxylation sites is 1. The first-order valence-electron chi connectivity index (χ1n) is 9.07. The molecule has 0 saturated carbocycles. The number of aliphatic imine (C=N–C) groups is 1. The van der Waals surface area contributed by atoms with Crippen molar-refractivity contribution in [3.05, 3.63) is 82.5 Å². The van der Waals surface area contributed by atoms with Crippen molar-refractivity contribution in [3.8, 4) is 11.5 Å². The highest BCUT2D eigenvalue weighted by Crippen LogP contribution is 2.39. The monoisotopic (exact) mass is 435 g/mol. The molecule has 0 spiro atoms. The SMILES string of the molecule is O=C1/C(=C/c2ccc3c(c2)OCO3)SC(=Nc2cccnc2Cl)N1c1ccccc1. The van der Waals surface area contributed by atoms with Gasteiger partial charge in [-0.3, -0.25) is 9.69 Å². The van der Waals surface area contributed by atoms with Gasteiger partial charge in [-0.15, -0.1) is 0 Å². The summed E-state index contributed by atoms with van der Waals surface area (Å²) in [7, 11) is 0. The van der Waals surface area contributed by atoms with Crippen molar-refractivity contribution in [3.63, 3.8) is 0 Å². The molecule has 30 heavy (non-hydrogen) atoms. The van der Waals surface area contributed by atoms with Crippen molar-refractivity contribution in [2.24, 2.45) is 4.99 Å². The van der Waals surface area contributed by atoms with Crippen LogP contribution in [0.5, 0.6) is 11.5 Å². The van der Waals surface area contributed by atoms with Gasteiger partial charge in [0.1, 0.15) is 5.69 Å². The van der Waals surface area contributed by atoms with E-state index in [4.69, 9.17) is 21.1 Å². The molecular formula is C22H14ClN3O3S. The van der Waals surface area contributed by atoms with Gasteiger partial charge >= 0.3 is 0 Å². The van der Waals surface area contributed by atoms with Gasteiger partial charge < -0.3 is 9.47 Å². The van der Waals surface area contributed by atoms with Gasteiger partial charge in [0.25, 0.3) is 5.91 Å². The summed E-state index contributed by atoms with van der Waals surface area (Å²) in [5, 5.41) is 0.785. The molecule has 0 atom stereocenters. The van der Waals surface area contributed by atoms with Crippen LogP contribution in [0.3, 0.4) is 0 Å². The molecule has 1 aromatic heterocycles. The maximum absolute atomic E-state index is 13.3. The minimum atomic E-state index is -0.164. The molecule has 0 aliphatic carbocycles. The Bertz CT molecular complexity index is 1200. The van der Waals surface area contributed by atoms with E-state index in [2.05, 4.69) is 9.98 Å². The normalized spacial score (nSPS) is 17.9. The minimum absolute atomic E-state index is 0.164. The highest BCUT2D eigenvalue weighted by Gasteiger charge is 2.35. The number of benzene rings is 2. The Balaban J connectivity index is 1.56. The van der Waals surface area contributed by atoms with Crippen LogP contribution in [-0.4, -0.2) is 22.9 Å². The Hall–Kier alpha value is -3.29. The second-order valence-corrected chi connectivity index (χ2v) is 7.77. The van der Waals surface area contributed by atoms with E-state index in [1.54, 1.807) is 23.2 Å². The average molecular weight is 436 g/mol. The Morgan fingerprint density at radius 3 is 2.73 bits per heavy atom. The van der Waals surface area contributed by atoms with Crippen molar-refractivity contribution >= 4 is 51.9 Å². The molecule has 3 heterocycles. The fourth-order valence-electron chi connectivity index (χ4n) is 3.07. The summed E-state index contributed by atoms with van der Waals surface area (Å²) in [5.74, 6) is 1.19. The molecule has 1 fully saturated rings. The Morgan fingerprint density at radius 2 is 1.90 bits per heavy atom. The first-order valence-corrected chi connectivity index (χ1v) is 10.3. The van der Waals surface area contributed by atoms with Gasteiger partial charge in [0.2, 0.25) is 6.79 Å². The summed E-state index contributed by atoms with van der Waals surface area (Å²) >= 11 is 7.46. The first kappa shape index (κ1) is 18.7. The molecule has 0 radical (unpaired) electrons. The van der Waals surface area contributed by atoms with E-state index in [0.29, 0.717) is 27.3 Å². The highest BCUT2D eigenvalue weighted by molar-refractivity contribution is 8.19. The summed E-state index contributed by atoms with van der Waals surface area (Å²) < 4.78 is 10.8. The molecule has 1 amide bonds. The second kappa shape index (κ2) is 7.85. The van der Waals surface area contributed by atoms with Crippen LogP contribution in [0, 0.1) is 0 Å². The molecule has 148 valence electrons. The predicted octanol–water partition coefficient (Wildman–Crippen LogP) is 5.27. The van der Waals surface area contributed by atoms with E-state index in [0.717, 1.165) is 11.3 Å². The summed E-state index contributed by atoms with van der Waals surface area (Å²) in [6.07, 6.45) is 3.41. The van der Waals surface area contributed by atoms with E-state index in [1.165, 1.54) is 11.8 Å². The molecular weight excluding hydrogens is 422 g/mol. The van der Waals surface area contributed by atoms with Crippen molar-refractivity contribution in [2.45, 2.75) is 0 Å². The number of anilines is 1. The van der Waals surface area contributed by atoms with Gasteiger partial charge in [0.05, 0.1) is 10.6 Å². The van der Waals surface area contributed by atoms with Gasteiger partial charge in [-0.05, 0) is 59.8 Å². The number of thioether (sulfide) groups is 1. The lowest BCUT2D eigenvalue weighted by Gasteiger charge is -2.15. The van der Waals surface area contributed by atoms with Crippen molar-refractivity contribution in [1.29, 1.82) is 0 Å². The highest BCUT2D eigenvalue weighted by atomic mass is 35.5. The van der Waals surface area contributed by atoms with Gasteiger partial charge in [-0.25, -0.2) is 9.98 Å². The van der Waals surface area contributed by atoms with E-state index < -0.39 is 0 Å². The Kier molecular flexibility index (Phi) is 4.90. The smallest absolute Gasteiger partial charge is 0.271 e. The van der Waals surface area contributed by atoms with E-state index in [9.17, 15) is 4.79 Å². The lowest BCUT2D eigenvalue weighted by atomic mass is 10.2. The predicted molar refractivity (Wildman–Crippen MR) is 118 cm³/mol. The van der Waals surface area contributed by atoms with Crippen LogP contribution >= 0.6 is 23.4 Å². The van der Waals surface area contributed by atoms with Crippen LogP contribution in [0.2, 0.25) is 5.15 Å². The van der Waals surface area contributed by atoms with Gasteiger partial charge in [-0.2, -0.15) is 0 Å². The number of rotatable bonds is 3. The number of aromatic nitrogens is 1. The number of fused-ring (bicyclic) bond motifs is 1. The van der Waals surface area contributed by atoms with Gasteiger partial charge in [0, 0.05) is 6.20 Å². The number of pyridine rings is 1. The van der Waals surface area contributed by atoms with Gasteiger partial charge in [-0.1, -0.05) is 35.9 Å². The quantitative estimate of drug-likeness (QED) is 0.414.